The molecule has 0 unspecified atom stereocenters. The Labute approximate surface area is 137 Å². The van der Waals surface area contributed by atoms with Crippen LogP contribution in [0.3, 0.4) is 0 Å². The first kappa shape index (κ1) is 17.3. The third-order valence-electron chi connectivity index (χ3n) is 4.15. The Morgan fingerprint density at radius 3 is 2.65 bits per heavy atom. The summed E-state index contributed by atoms with van der Waals surface area (Å²) < 4.78 is 12.7. The second kappa shape index (κ2) is 7.46. The van der Waals surface area contributed by atoms with Crippen molar-refractivity contribution in [1.29, 1.82) is 0 Å². The van der Waals surface area contributed by atoms with Gasteiger partial charge in [0.25, 0.3) is 0 Å². The fourth-order valence-electron chi connectivity index (χ4n) is 2.69. The molecule has 1 aromatic rings. The van der Waals surface area contributed by atoms with Crippen LogP contribution in [-0.4, -0.2) is 35.8 Å². The minimum absolute atomic E-state index is 0.285. The van der Waals surface area contributed by atoms with E-state index in [-0.39, 0.29) is 5.97 Å². The molecule has 0 amide bonds. The Balaban J connectivity index is 1.80. The standard InChI is InChI=1S/C17H25N3O3/c1-11-13(3)20(14(4)18-11)8-9-23-10-15-6-7-16(12(2)19-15)17(21)22-5/h6,19H,7-10H2,1-5H3. The van der Waals surface area contributed by atoms with Gasteiger partial charge in [-0.1, -0.05) is 6.08 Å². The fraction of sp³-hybridized carbons (Fsp3) is 0.529. The summed E-state index contributed by atoms with van der Waals surface area (Å²) in [5, 5.41) is 3.20. The van der Waals surface area contributed by atoms with E-state index in [0.29, 0.717) is 25.2 Å². The molecule has 1 aromatic heterocycles. The average Bonchev–Trinajstić information content (AvgIpc) is 2.76. The van der Waals surface area contributed by atoms with E-state index in [1.54, 1.807) is 0 Å². The van der Waals surface area contributed by atoms with Crippen molar-refractivity contribution in [3.8, 4) is 0 Å². The van der Waals surface area contributed by atoms with E-state index in [9.17, 15) is 4.79 Å². The number of hydrogen-bond donors (Lipinski definition) is 1. The molecule has 126 valence electrons. The van der Waals surface area contributed by atoms with Crippen molar-refractivity contribution in [2.24, 2.45) is 0 Å². The lowest BCUT2D eigenvalue weighted by atomic mass is 10.1. The van der Waals surface area contributed by atoms with Gasteiger partial charge >= 0.3 is 5.97 Å². The van der Waals surface area contributed by atoms with Gasteiger partial charge in [0.2, 0.25) is 0 Å². The van der Waals surface area contributed by atoms with Crippen LogP contribution in [-0.2, 0) is 20.8 Å². The number of imidazole rings is 1. The summed E-state index contributed by atoms with van der Waals surface area (Å²) in [5.41, 5.74) is 4.72. The van der Waals surface area contributed by atoms with Gasteiger partial charge in [-0.2, -0.15) is 0 Å². The first-order valence-corrected chi connectivity index (χ1v) is 7.76. The number of aryl methyl sites for hydroxylation is 2. The van der Waals surface area contributed by atoms with E-state index in [0.717, 1.165) is 29.5 Å². The second-order valence-electron chi connectivity index (χ2n) is 5.69. The molecule has 0 aliphatic carbocycles. The van der Waals surface area contributed by atoms with E-state index in [1.165, 1.54) is 12.8 Å². The highest BCUT2D eigenvalue weighted by Crippen LogP contribution is 2.17. The summed E-state index contributed by atoms with van der Waals surface area (Å²) in [6.45, 7) is 9.87. The van der Waals surface area contributed by atoms with Crippen molar-refractivity contribution >= 4 is 5.97 Å². The molecule has 6 nitrogen and oxygen atoms in total. The molecule has 0 radical (unpaired) electrons. The van der Waals surface area contributed by atoms with Crippen molar-refractivity contribution in [3.63, 3.8) is 0 Å². The second-order valence-corrected chi connectivity index (χ2v) is 5.69. The molecule has 1 aliphatic rings. The molecular formula is C17H25N3O3. The van der Waals surface area contributed by atoms with Gasteiger partial charge < -0.3 is 19.4 Å². The maximum absolute atomic E-state index is 11.6. The van der Waals surface area contributed by atoms with Crippen molar-refractivity contribution in [1.82, 2.24) is 14.9 Å². The number of nitrogens with one attached hydrogen (secondary N) is 1. The van der Waals surface area contributed by atoms with Crippen molar-refractivity contribution < 1.29 is 14.3 Å². The quantitative estimate of drug-likeness (QED) is 0.643. The van der Waals surface area contributed by atoms with Gasteiger partial charge in [0.1, 0.15) is 5.82 Å². The van der Waals surface area contributed by atoms with Gasteiger partial charge in [-0.3, -0.25) is 0 Å². The van der Waals surface area contributed by atoms with E-state index < -0.39 is 0 Å². The van der Waals surface area contributed by atoms with E-state index in [1.807, 2.05) is 26.8 Å². The summed E-state index contributed by atoms with van der Waals surface area (Å²) >= 11 is 0. The van der Waals surface area contributed by atoms with Crippen LogP contribution in [0.2, 0.25) is 0 Å². The van der Waals surface area contributed by atoms with Gasteiger partial charge in [0.15, 0.2) is 0 Å². The van der Waals surface area contributed by atoms with E-state index in [4.69, 9.17) is 9.47 Å². The Kier molecular flexibility index (Phi) is 5.60. The van der Waals surface area contributed by atoms with Crippen LogP contribution in [0, 0.1) is 20.8 Å². The van der Waals surface area contributed by atoms with Gasteiger partial charge in [-0.25, -0.2) is 9.78 Å². The number of hydrogen-bond acceptors (Lipinski definition) is 5. The first-order valence-electron chi connectivity index (χ1n) is 7.76. The average molecular weight is 319 g/mol. The van der Waals surface area contributed by atoms with Gasteiger partial charge in [0.05, 0.1) is 31.6 Å². The highest BCUT2D eigenvalue weighted by Gasteiger charge is 2.17. The Morgan fingerprint density at radius 2 is 2.09 bits per heavy atom. The third kappa shape index (κ3) is 4.01. The summed E-state index contributed by atoms with van der Waals surface area (Å²) in [4.78, 5) is 16.0. The minimum atomic E-state index is -0.285. The number of methoxy groups -OCH3 is 1. The molecule has 1 N–H and O–H groups in total. The van der Waals surface area contributed by atoms with Gasteiger partial charge in [0, 0.05) is 30.1 Å². The zero-order chi connectivity index (χ0) is 17.0. The molecule has 2 rings (SSSR count). The highest BCUT2D eigenvalue weighted by molar-refractivity contribution is 5.89. The minimum Gasteiger partial charge on any atom is -0.466 e. The number of allylic oxidation sites excluding steroid dienone is 2. The number of aromatic nitrogens is 2. The molecule has 1 aliphatic heterocycles. The number of nitrogens with zero attached hydrogens (tertiary/aromatic N) is 2. The first-order chi connectivity index (χ1) is 10.9. The number of carbonyl (C=O) groups excluding carboxylic acids is 1. The Hall–Kier alpha value is -2.08. The SMILES string of the molecule is COC(=O)C1=C(C)NC(COCCn2c(C)nc(C)c2C)=CC1. The number of carbonyl (C=O) groups is 1. The zero-order valence-corrected chi connectivity index (χ0v) is 14.5. The lowest BCUT2D eigenvalue weighted by Crippen LogP contribution is -2.24. The maximum atomic E-state index is 11.6. The Bertz CT molecular complexity index is 656. The molecule has 2 heterocycles. The summed E-state index contributed by atoms with van der Waals surface area (Å²) in [6.07, 6.45) is 2.54. The number of rotatable bonds is 6. The summed E-state index contributed by atoms with van der Waals surface area (Å²) in [5.74, 6) is 0.729. The zero-order valence-electron chi connectivity index (χ0n) is 14.5. The van der Waals surface area contributed by atoms with Gasteiger partial charge in [-0.15, -0.1) is 0 Å². The van der Waals surface area contributed by atoms with Crippen LogP contribution in [0.25, 0.3) is 0 Å². The van der Waals surface area contributed by atoms with Crippen LogP contribution < -0.4 is 5.32 Å². The molecule has 6 heteroatoms. The number of dihydropyridines is 1. The van der Waals surface area contributed by atoms with Gasteiger partial charge in [-0.05, 0) is 27.7 Å². The molecule has 0 saturated heterocycles. The monoisotopic (exact) mass is 319 g/mol. The molecule has 0 fully saturated rings. The topological polar surface area (TPSA) is 65.4 Å². The lowest BCUT2D eigenvalue weighted by Gasteiger charge is -2.19. The molecule has 0 atom stereocenters. The molecular weight excluding hydrogens is 294 g/mol. The largest absolute Gasteiger partial charge is 0.466 e. The molecule has 0 aromatic carbocycles. The number of esters is 1. The predicted octanol–water partition coefficient (Wildman–Crippen LogP) is 2.15. The lowest BCUT2D eigenvalue weighted by molar-refractivity contribution is -0.136. The molecule has 23 heavy (non-hydrogen) atoms. The smallest absolute Gasteiger partial charge is 0.335 e. The van der Waals surface area contributed by atoms with E-state index in [2.05, 4.69) is 21.8 Å². The highest BCUT2D eigenvalue weighted by atomic mass is 16.5. The Morgan fingerprint density at radius 1 is 1.35 bits per heavy atom. The van der Waals surface area contributed by atoms with E-state index >= 15 is 0 Å². The van der Waals surface area contributed by atoms with Crippen molar-refractivity contribution in [2.45, 2.75) is 40.7 Å². The fourth-order valence-corrected chi connectivity index (χ4v) is 2.69. The normalized spacial score (nSPS) is 14.6. The summed E-state index contributed by atoms with van der Waals surface area (Å²) in [6, 6.07) is 0. The van der Waals surface area contributed by atoms with Crippen molar-refractivity contribution in [3.05, 3.63) is 40.3 Å². The molecule has 0 bridgehead atoms. The molecule has 0 saturated carbocycles. The number of ether oxygens (including phenoxy) is 2. The maximum Gasteiger partial charge on any atom is 0.335 e. The van der Waals surface area contributed by atoms with Crippen LogP contribution in [0.4, 0.5) is 0 Å². The van der Waals surface area contributed by atoms with Crippen LogP contribution in [0.1, 0.15) is 30.6 Å². The summed E-state index contributed by atoms with van der Waals surface area (Å²) in [7, 11) is 1.40. The molecule has 0 spiro atoms. The van der Waals surface area contributed by atoms with Crippen LogP contribution >= 0.6 is 0 Å². The predicted molar refractivity (Wildman–Crippen MR) is 87.8 cm³/mol. The van der Waals surface area contributed by atoms with Crippen LogP contribution in [0.5, 0.6) is 0 Å². The third-order valence-corrected chi connectivity index (χ3v) is 4.15. The van der Waals surface area contributed by atoms with Crippen LogP contribution in [0.15, 0.2) is 23.0 Å². The van der Waals surface area contributed by atoms with Crippen molar-refractivity contribution in [2.75, 3.05) is 20.3 Å².